The van der Waals surface area contributed by atoms with Gasteiger partial charge in [0.25, 0.3) is 0 Å². The standard InChI is InChI=1S/C17H16FNOS/c1-10-7-16(13(11(2)20)9-14(10)18)21-17-8-12-5-3-4-6-15(12)19-17/h3-9,11,19-20H,1-2H3. The van der Waals surface area contributed by atoms with Crippen LogP contribution in [0.2, 0.25) is 0 Å². The van der Waals surface area contributed by atoms with Gasteiger partial charge in [-0.2, -0.15) is 0 Å². The van der Waals surface area contributed by atoms with Crippen molar-refractivity contribution in [1.29, 1.82) is 0 Å². The number of hydrogen-bond donors (Lipinski definition) is 2. The second kappa shape index (κ2) is 5.54. The smallest absolute Gasteiger partial charge is 0.126 e. The SMILES string of the molecule is Cc1cc(Sc2cc3ccccc3[nH]2)c(C(C)O)cc1F. The van der Waals surface area contributed by atoms with Crippen LogP contribution >= 0.6 is 11.8 Å². The van der Waals surface area contributed by atoms with Gasteiger partial charge < -0.3 is 10.1 Å². The predicted molar refractivity (Wildman–Crippen MR) is 84.2 cm³/mol. The number of halogens is 1. The lowest BCUT2D eigenvalue weighted by Crippen LogP contribution is -1.97. The number of aryl methyl sites for hydroxylation is 1. The monoisotopic (exact) mass is 301 g/mol. The van der Waals surface area contributed by atoms with Gasteiger partial charge in [-0.15, -0.1) is 0 Å². The van der Waals surface area contributed by atoms with Gasteiger partial charge in [-0.25, -0.2) is 4.39 Å². The molecule has 3 rings (SSSR count). The highest BCUT2D eigenvalue weighted by molar-refractivity contribution is 7.99. The van der Waals surface area contributed by atoms with Gasteiger partial charge >= 0.3 is 0 Å². The Bertz CT molecular complexity index is 762. The molecule has 4 heteroatoms. The Morgan fingerprint density at radius 3 is 2.67 bits per heavy atom. The van der Waals surface area contributed by atoms with Crippen LogP contribution in [0.5, 0.6) is 0 Å². The van der Waals surface area contributed by atoms with Crippen LogP contribution in [-0.2, 0) is 0 Å². The largest absolute Gasteiger partial charge is 0.389 e. The molecule has 3 aromatic rings. The molecule has 21 heavy (non-hydrogen) atoms. The average molecular weight is 301 g/mol. The summed E-state index contributed by atoms with van der Waals surface area (Å²) in [5, 5.41) is 12.0. The lowest BCUT2D eigenvalue weighted by molar-refractivity contribution is 0.196. The highest BCUT2D eigenvalue weighted by atomic mass is 32.2. The third kappa shape index (κ3) is 2.82. The molecule has 0 spiro atoms. The van der Waals surface area contributed by atoms with Gasteiger partial charge in [-0.1, -0.05) is 30.0 Å². The molecule has 0 aliphatic rings. The minimum atomic E-state index is -0.702. The maximum Gasteiger partial charge on any atom is 0.126 e. The number of nitrogens with one attached hydrogen (secondary N) is 1. The number of aliphatic hydroxyl groups is 1. The summed E-state index contributed by atoms with van der Waals surface area (Å²) in [4.78, 5) is 4.20. The van der Waals surface area contributed by atoms with Crippen molar-refractivity contribution in [2.45, 2.75) is 29.9 Å². The highest BCUT2D eigenvalue weighted by Crippen LogP contribution is 2.35. The topological polar surface area (TPSA) is 36.0 Å². The summed E-state index contributed by atoms with van der Waals surface area (Å²) in [6.45, 7) is 3.38. The van der Waals surface area contributed by atoms with Crippen molar-refractivity contribution >= 4 is 22.7 Å². The van der Waals surface area contributed by atoms with E-state index < -0.39 is 6.10 Å². The van der Waals surface area contributed by atoms with Crippen molar-refractivity contribution in [2.24, 2.45) is 0 Å². The summed E-state index contributed by atoms with van der Waals surface area (Å²) in [6.07, 6.45) is -0.702. The molecule has 108 valence electrons. The van der Waals surface area contributed by atoms with Crippen molar-refractivity contribution < 1.29 is 9.50 Å². The molecular weight excluding hydrogens is 285 g/mol. The van der Waals surface area contributed by atoms with Crippen LogP contribution in [0, 0.1) is 12.7 Å². The quantitative estimate of drug-likeness (QED) is 0.727. The summed E-state index contributed by atoms with van der Waals surface area (Å²) in [5.74, 6) is -0.285. The van der Waals surface area contributed by atoms with Crippen molar-refractivity contribution in [3.8, 4) is 0 Å². The van der Waals surface area contributed by atoms with E-state index in [9.17, 15) is 9.50 Å². The molecule has 0 aliphatic carbocycles. The van der Waals surface area contributed by atoms with Crippen molar-refractivity contribution in [1.82, 2.24) is 4.98 Å². The molecule has 1 atom stereocenters. The first-order chi connectivity index (χ1) is 10.0. The number of fused-ring (bicyclic) bond motifs is 1. The molecule has 0 bridgehead atoms. The van der Waals surface area contributed by atoms with Crippen LogP contribution in [0.15, 0.2) is 52.4 Å². The molecule has 0 radical (unpaired) electrons. The van der Waals surface area contributed by atoms with Gasteiger partial charge in [0.2, 0.25) is 0 Å². The Kier molecular flexibility index (Phi) is 3.74. The number of para-hydroxylation sites is 1. The van der Waals surface area contributed by atoms with E-state index in [2.05, 4.69) is 11.1 Å². The minimum absolute atomic E-state index is 0.285. The van der Waals surface area contributed by atoms with Gasteiger partial charge in [-0.3, -0.25) is 0 Å². The van der Waals surface area contributed by atoms with Gasteiger partial charge in [0.15, 0.2) is 0 Å². The Hall–Kier alpha value is -1.78. The molecule has 1 unspecified atom stereocenters. The zero-order valence-corrected chi connectivity index (χ0v) is 12.7. The van der Waals surface area contributed by atoms with E-state index in [0.29, 0.717) is 11.1 Å². The molecule has 0 fully saturated rings. The van der Waals surface area contributed by atoms with Crippen LogP contribution in [0.3, 0.4) is 0 Å². The molecule has 0 saturated heterocycles. The van der Waals surface area contributed by atoms with Gasteiger partial charge in [0.1, 0.15) is 5.82 Å². The first-order valence-electron chi connectivity index (χ1n) is 6.78. The number of rotatable bonds is 3. The van der Waals surface area contributed by atoms with Crippen molar-refractivity contribution in [2.75, 3.05) is 0 Å². The first-order valence-corrected chi connectivity index (χ1v) is 7.60. The molecule has 1 aromatic heterocycles. The van der Waals surface area contributed by atoms with Crippen LogP contribution in [-0.4, -0.2) is 10.1 Å². The Morgan fingerprint density at radius 2 is 1.95 bits per heavy atom. The van der Waals surface area contributed by atoms with Gasteiger partial charge in [0, 0.05) is 15.8 Å². The van der Waals surface area contributed by atoms with Crippen LogP contribution in [0.25, 0.3) is 10.9 Å². The predicted octanol–water partition coefficient (Wildman–Crippen LogP) is 4.82. The molecular formula is C17H16FNOS. The van der Waals surface area contributed by atoms with E-state index in [0.717, 1.165) is 20.8 Å². The molecule has 0 saturated carbocycles. The average Bonchev–Trinajstić information content (AvgIpc) is 2.84. The highest BCUT2D eigenvalue weighted by Gasteiger charge is 2.14. The van der Waals surface area contributed by atoms with Gasteiger partial charge in [0.05, 0.1) is 11.1 Å². The van der Waals surface area contributed by atoms with E-state index in [1.165, 1.54) is 17.8 Å². The first kappa shape index (κ1) is 14.2. The lowest BCUT2D eigenvalue weighted by Gasteiger charge is -2.12. The van der Waals surface area contributed by atoms with E-state index in [1.807, 2.05) is 24.3 Å². The molecule has 1 heterocycles. The van der Waals surface area contributed by atoms with E-state index in [-0.39, 0.29) is 5.82 Å². The van der Waals surface area contributed by atoms with Crippen LogP contribution < -0.4 is 0 Å². The fraction of sp³-hybridized carbons (Fsp3) is 0.176. The molecule has 2 nitrogen and oxygen atoms in total. The van der Waals surface area contributed by atoms with Crippen LogP contribution in [0.4, 0.5) is 4.39 Å². The Balaban J connectivity index is 2.02. The summed E-state index contributed by atoms with van der Waals surface area (Å²) in [6, 6.07) is 13.3. The third-order valence-corrected chi connectivity index (χ3v) is 4.48. The van der Waals surface area contributed by atoms with Crippen molar-refractivity contribution in [3.63, 3.8) is 0 Å². The lowest BCUT2D eigenvalue weighted by atomic mass is 10.1. The van der Waals surface area contributed by atoms with E-state index >= 15 is 0 Å². The number of benzene rings is 2. The maximum absolute atomic E-state index is 13.7. The summed E-state index contributed by atoms with van der Waals surface area (Å²) < 4.78 is 13.7. The fourth-order valence-electron chi connectivity index (χ4n) is 2.31. The molecule has 2 aromatic carbocycles. The van der Waals surface area contributed by atoms with Crippen LogP contribution in [0.1, 0.15) is 24.2 Å². The second-order valence-corrected chi connectivity index (χ2v) is 6.22. The van der Waals surface area contributed by atoms with E-state index in [1.54, 1.807) is 19.9 Å². The number of H-pyrrole nitrogens is 1. The summed E-state index contributed by atoms with van der Waals surface area (Å²) in [5.41, 5.74) is 2.26. The summed E-state index contributed by atoms with van der Waals surface area (Å²) >= 11 is 1.51. The molecule has 2 N–H and O–H groups in total. The fourth-order valence-corrected chi connectivity index (χ4v) is 3.47. The summed E-state index contributed by atoms with van der Waals surface area (Å²) in [7, 11) is 0. The Morgan fingerprint density at radius 1 is 1.19 bits per heavy atom. The molecule has 0 aliphatic heterocycles. The minimum Gasteiger partial charge on any atom is -0.389 e. The van der Waals surface area contributed by atoms with E-state index in [4.69, 9.17) is 0 Å². The maximum atomic E-state index is 13.7. The number of aromatic nitrogens is 1. The van der Waals surface area contributed by atoms with Gasteiger partial charge in [-0.05, 0) is 49.2 Å². The normalized spacial score (nSPS) is 12.8. The number of aromatic amines is 1. The zero-order valence-electron chi connectivity index (χ0n) is 11.9. The second-order valence-electron chi connectivity index (χ2n) is 5.14. The third-order valence-electron chi connectivity index (χ3n) is 3.47. The Labute approximate surface area is 127 Å². The molecule has 0 amide bonds. The van der Waals surface area contributed by atoms with Crippen molar-refractivity contribution in [3.05, 3.63) is 59.4 Å². The number of aliphatic hydroxyl groups excluding tert-OH is 1. The number of hydrogen-bond acceptors (Lipinski definition) is 2. The zero-order chi connectivity index (χ0) is 15.0.